The smallest absolute Gasteiger partial charge is 0.219 e. The van der Waals surface area contributed by atoms with E-state index in [-0.39, 0.29) is 11.9 Å². The van der Waals surface area contributed by atoms with E-state index in [1.165, 1.54) is 0 Å². The van der Waals surface area contributed by atoms with Gasteiger partial charge in [0.2, 0.25) is 5.91 Å². The van der Waals surface area contributed by atoms with Gasteiger partial charge in [0.25, 0.3) is 0 Å². The fourth-order valence-corrected chi connectivity index (χ4v) is 2.53. The second-order valence-corrected chi connectivity index (χ2v) is 4.42. The highest BCUT2D eigenvalue weighted by Crippen LogP contribution is 2.21. The molecule has 2 rings (SSSR count). The number of piperazine rings is 1. The highest BCUT2D eigenvalue weighted by Gasteiger charge is 2.32. The second-order valence-electron chi connectivity index (χ2n) is 4.42. The maximum atomic E-state index is 11.6. The maximum absolute atomic E-state index is 11.6. The molecular formula is C11H18N2O2. The highest BCUT2D eigenvalue weighted by molar-refractivity contribution is 5.86. The molecule has 0 aromatic carbocycles. The molecule has 4 heteroatoms. The third-order valence-corrected chi connectivity index (χ3v) is 3.47. The molecule has 0 spiro atoms. The van der Waals surface area contributed by atoms with Crippen LogP contribution >= 0.6 is 0 Å². The van der Waals surface area contributed by atoms with Gasteiger partial charge in [0.05, 0.1) is 6.04 Å². The monoisotopic (exact) mass is 210 g/mol. The summed E-state index contributed by atoms with van der Waals surface area (Å²) in [5.74, 6) is 0.540. The lowest BCUT2D eigenvalue weighted by atomic mass is 10.1. The Morgan fingerprint density at radius 2 is 1.93 bits per heavy atom. The summed E-state index contributed by atoms with van der Waals surface area (Å²) in [6, 6.07) is 0.152. The minimum atomic E-state index is 0.146. The van der Waals surface area contributed by atoms with Crippen molar-refractivity contribution < 1.29 is 9.59 Å². The number of hydrogen-bond donors (Lipinski definition) is 0. The van der Waals surface area contributed by atoms with Crippen LogP contribution in [-0.2, 0) is 9.59 Å². The van der Waals surface area contributed by atoms with Gasteiger partial charge in [-0.05, 0) is 12.8 Å². The topological polar surface area (TPSA) is 40.6 Å². The van der Waals surface area contributed by atoms with Crippen molar-refractivity contribution in [1.82, 2.24) is 9.80 Å². The standard InChI is InChI=1S/C11H18N2O2/c1-9(14)12-5-7-13(8-6-12)10-3-2-4-11(10)15/h10H,2-8H2,1H3. The number of hydrogen-bond acceptors (Lipinski definition) is 3. The Hall–Kier alpha value is -0.900. The fraction of sp³-hybridized carbons (Fsp3) is 0.818. The van der Waals surface area contributed by atoms with Gasteiger partial charge < -0.3 is 4.90 Å². The summed E-state index contributed by atoms with van der Waals surface area (Å²) < 4.78 is 0. The lowest BCUT2D eigenvalue weighted by Crippen LogP contribution is -2.52. The Labute approximate surface area is 90.2 Å². The minimum absolute atomic E-state index is 0.146. The lowest BCUT2D eigenvalue weighted by Gasteiger charge is -2.36. The van der Waals surface area contributed by atoms with E-state index in [2.05, 4.69) is 4.90 Å². The van der Waals surface area contributed by atoms with E-state index in [9.17, 15) is 9.59 Å². The first-order valence-electron chi connectivity index (χ1n) is 5.71. The second kappa shape index (κ2) is 4.31. The molecule has 0 radical (unpaired) electrons. The molecule has 2 aliphatic rings. The van der Waals surface area contributed by atoms with Crippen molar-refractivity contribution in [2.24, 2.45) is 0 Å². The molecule has 4 nitrogen and oxygen atoms in total. The molecule has 1 amide bonds. The van der Waals surface area contributed by atoms with Gasteiger partial charge in [0.1, 0.15) is 5.78 Å². The van der Waals surface area contributed by atoms with Crippen LogP contribution in [0.2, 0.25) is 0 Å². The predicted octanol–water partition coefficient (Wildman–Crippen LogP) is 0.272. The first-order valence-corrected chi connectivity index (χ1v) is 5.71. The van der Waals surface area contributed by atoms with Crippen molar-refractivity contribution >= 4 is 11.7 Å². The molecule has 0 N–H and O–H groups in total. The summed E-state index contributed by atoms with van der Waals surface area (Å²) in [7, 11) is 0. The largest absolute Gasteiger partial charge is 0.340 e. The zero-order chi connectivity index (χ0) is 10.8. The zero-order valence-corrected chi connectivity index (χ0v) is 9.24. The lowest BCUT2D eigenvalue weighted by molar-refractivity contribution is -0.131. The van der Waals surface area contributed by atoms with E-state index in [4.69, 9.17) is 0 Å². The van der Waals surface area contributed by atoms with E-state index in [0.717, 1.165) is 45.4 Å². The van der Waals surface area contributed by atoms with Gasteiger partial charge in [0, 0.05) is 39.5 Å². The summed E-state index contributed by atoms with van der Waals surface area (Å²) in [5, 5.41) is 0. The van der Waals surface area contributed by atoms with Crippen LogP contribution in [-0.4, -0.2) is 53.7 Å². The van der Waals surface area contributed by atoms with Crippen molar-refractivity contribution in [3.05, 3.63) is 0 Å². The Bertz CT molecular complexity index is 270. The van der Waals surface area contributed by atoms with Gasteiger partial charge in [-0.25, -0.2) is 0 Å². The van der Waals surface area contributed by atoms with E-state index in [0.29, 0.717) is 5.78 Å². The number of Topliss-reactive ketones (excluding diaryl/α,β-unsaturated/α-hetero) is 1. The molecule has 2 fully saturated rings. The molecule has 15 heavy (non-hydrogen) atoms. The molecule has 1 aliphatic heterocycles. The third kappa shape index (κ3) is 2.20. The van der Waals surface area contributed by atoms with Gasteiger partial charge in [-0.1, -0.05) is 0 Å². The molecule has 1 atom stereocenters. The van der Waals surface area contributed by atoms with Crippen LogP contribution in [0.5, 0.6) is 0 Å². The van der Waals surface area contributed by atoms with Crippen molar-refractivity contribution in [1.29, 1.82) is 0 Å². The average Bonchev–Trinajstić information content (AvgIpc) is 2.65. The molecule has 1 aliphatic carbocycles. The van der Waals surface area contributed by atoms with Crippen molar-refractivity contribution in [2.45, 2.75) is 32.2 Å². The van der Waals surface area contributed by atoms with E-state index < -0.39 is 0 Å². The average molecular weight is 210 g/mol. The molecule has 1 saturated heterocycles. The van der Waals surface area contributed by atoms with E-state index >= 15 is 0 Å². The van der Waals surface area contributed by atoms with Gasteiger partial charge in [0.15, 0.2) is 0 Å². The van der Waals surface area contributed by atoms with Crippen LogP contribution in [0.15, 0.2) is 0 Å². The van der Waals surface area contributed by atoms with Crippen molar-refractivity contribution in [2.75, 3.05) is 26.2 Å². The van der Waals surface area contributed by atoms with Crippen LogP contribution in [0.4, 0.5) is 0 Å². The molecule has 0 aromatic rings. The normalized spacial score (nSPS) is 28.5. The summed E-state index contributed by atoms with van der Waals surface area (Å²) in [4.78, 5) is 26.8. The predicted molar refractivity (Wildman–Crippen MR) is 56.5 cm³/mol. The molecule has 1 saturated carbocycles. The van der Waals surface area contributed by atoms with Crippen molar-refractivity contribution in [3.63, 3.8) is 0 Å². The Balaban J connectivity index is 1.87. The zero-order valence-electron chi connectivity index (χ0n) is 9.24. The Kier molecular flexibility index (Phi) is 3.05. The van der Waals surface area contributed by atoms with Crippen LogP contribution in [0, 0.1) is 0 Å². The van der Waals surface area contributed by atoms with E-state index in [1.54, 1.807) is 6.92 Å². The Morgan fingerprint density at radius 1 is 1.27 bits per heavy atom. The number of carbonyl (C=O) groups excluding carboxylic acids is 2. The number of amides is 1. The summed E-state index contributed by atoms with van der Waals surface area (Å²) >= 11 is 0. The third-order valence-electron chi connectivity index (χ3n) is 3.47. The fourth-order valence-electron chi connectivity index (χ4n) is 2.53. The van der Waals surface area contributed by atoms with Crippen LogP contribution in [0.3, 0.4) is 0 Å². The molecule has 0 aromatic heterocycles. The molecule has 84 valence electrons. The van der Waals surface area contributed by atoms with Gasteiger partial charge in [-0.15, -0.1) is 0 Å². The highest BCUT2D eigenvalue weighted by atomic mass is 16.2. The number of ketones is 1. The minimum Gasteiger partial charge on any atom is -0.340 e. The van der Waals surface area contributed by atoms with E-state index in [1.807, 2.05) is 4.90 Å². The summed E-state index contributed by atoms with van der Waals surface area (Å²) in [6.45, 7) is 4.88. The quantitative estimate of drug-likeness (QED) is 0.624. The Morgan fingerprint density at radius 3 is 2.40 bits per heavy atom. The number of carbonyl (C=O) groups is 2. The molecule has 0 bridgehead atoms. The molecule has 1 heterocycles. The van der Waals surface area contributed by atoms with Crippen LogP contribution < -0.4 is 0 Å². The summed E-state index contributed by atoms with van der Waals surface area (Å²) in [5.41, 5.74) is 0. The number of rotatable bonds is 1. The molecule has 1 unspecified atom stereocenters. The maximum Gasteiger partial charge on any atom is 0.219 e. The van der Waals surface area contributed by atoms with Crippen LogP contribution in [0.1, 0.15) is 26.2 Å². The van der Waals surface area contributed by atoms with Crippen molar-refractivity contribution in [3.8, 4) is 0 Å². The first kappa shape index (κ1) is 10.6. The first-order chi connectivity index (χ1) is 7.18. The molecular weight excluding hydrogens is 192 g/mol. The summed E-state index contributed by atoms with van der Waals surface area (Å²) in [6.07, 6.45) is 2.80. The van der Waals surface area contributed by atoms with Gasteiger partial charge in [-0.2, -0.15) is 0 Å². The van der Waals surface area contributed by atoms with Gasteiger partial charge >= 0.3 is 0 Å². The van der Waals surface area contributed by atoms with Gasteiger partial charge in [-0.3, -0.25) is 14.5 Å². The van der Waals surface area contributed by atoms with Crippen LogP contribution in [0.25, 0.3) is 0 Å². The SMILES string of the molecule is CC(=O)N1CCN(C2CCCC2=O)CC1. The number of nitrogens with zero attached hydrogens (tertiary/aromatic N) is 2.